The molecule has 0 radical (unpaired) electrons. The Hall–Kier alpha value is 0.100. The molecule has 1 aliphatic carbocycles. The third-order valence-electron chi connectivity index (χ3n) is 4.56. The summed E-state index contributed by atoms with van der Waals surface area (Å²) in [7, 11) is 0. The molecule has 0 amide bonds. The molecule has 1 aliphatic heterocycles. The standard InChI is InChI=1S/C15H23BrN2S/c1-11-10-13(19-15(11)16)14(12-4-2-3-5-12)18-8-6-17-7-9-18/h10,12,14,17H,2-9H2,1H3/t14-/m1/s1. The first kappa shape index (κ1) is 14.1. The Bertz CT molecular complexity index is 400. The first-order chi connectivity index (χ1) is 9.25. The molecule has 3 rings (SSSR count). The van der Waals surface area contributed by atoms with Gasteiger partial charge >= 0.3 is 0 Å². The summed E-state index contributed by atoms with van der Waals surface area (Å²) in [6.07, 6.45) is 5.70. The molecule has 2 fully saturated rings. The van der Waals surface area contributed by atoms with Gasteiger partial charge in [-0.3, -0.25) is 4.90 Å². The summed E-state index contributed by atoms with van der Waals surface area (Å²) in [5.41, 5.74) is 1.40. The van der Waals surface area contributed by atoms with E-state index in [-0.39, 0.29) is 0 Å². The van der Waals surface area contributed by atoms with Gasteiger partial charge in [-0.2, -0.15) is 0 Å². The third-order valence-corrected chi connectivity index (χ3v) is 6.77. The minimum atomic E-state index is 0.666. The van der Waals surface area contributed by atoms with Crippen molar-refractivity contribution in [2.45, 2.75) is 38.6 Å². The van der Waals surface area contributed by atoms with Gasteiger partial charge in [-0.05, 0) is 53.2 Å². The second kappa shape index (κ2) is 6.25. The van der Waals surface area contributed by atoms with E-state index in [9.17, 15) is 0 Å². The molecule has 1 saturated heterocycles. The molecule has 2 nitrogen and oxygen atoms in total. The summed E-state index contributed by atoms with van der Waals surface area (Å²) in [5.74, 6) is 0.878. The summed E-state index contributed by atoms with van der Waals surface area (Å²) in [6.45, 7) is 6.92. The van der Waals surface area contributed by atoms with Crippen LogP contribution in [0.5, 0.6) is 0 Å². The largest absolute Gasteiger partial charge is 0.314 e. The molecule has 1 N–H and O–H groups in total. The van der Waals surface area contributed by atoms with E-state index in [1.807, 2.05) is 11.3 Å². The van der Waals surface area contributed by atoms with E-state index in [0.717, 1.165) is 19.0 Å². The molecule has 1 aromatic rings. The SMILES string of the molecule is Cc1cc([C@@H](C2CCCC2)N2CCNCC2)sc1Br. The number of aryl methyl sites for hydroxylation is 1. The molecule has 4 heteroatoms. The molecule has 0 aromatic carbocycles. The van der Waals surface area contributed by atoms with E-state index < -0.39 is 0 Å². The van der Waals surface area contributed by atoms with Crippen molar-refractivity contribution in [2.75, 3.05) is 26.2 Å². The van der Waals surface area contributed by atoms with Crippen LogP contribution < -0.4 is 5.32 Å². The lowest BCUT2D eigenvalue weighted by Crippen LogP contribution is -2.46. The highest BCUT2D eigenvalue weighted by atomic mass is 79.9. The van der Waals surface area contributed by atoms with Crippen LogP contribution in [0.25, 0.3) is 0 Å². The van der Waals surface area contributed by atoms with Gasteiger partial charge in [0.25, 0.3) is 0 Å². The lowest BCUT2D eigenvalue weighted by molar-refractivity contribution is 0.128. The van der Waals surface area contributed by atoms with Gasteiger partial charge in [0.15, 0.2) is 0 Å². The Morgan fingerprint density at radius 3 is 2.58 bits per heavy atom. The van der Waals surface area contributed by atoms with Crippen molar-refractivity contribution in [3.8, 4) is 0 Å². The molecule has 0 bridgehead atoms. The zero-order valence-corrected chi connectivity index (χ0v) is 14.0. The van der Waals surface area contributed by atoms with E-state index in [4.69, 9.17) is 0 Å². The highest BCUT2D eigenvalue weighted by molar-refractivity contribution is 9.11. The average Bonchev–Trinajstić information content (AvgIpc) is 3.03. The maximum absolute atomic E-state index is 3.70. The van der Waals surface area contributed by atoms with Gasteiger partial charge in [0.2, 0.25) is 0 Å². The molecule has 106 valence electrons. The number of nitrogens with one attached hydrogen (secondary N) is 1. The number of thiophene rings is 1. The minimum absolute atomic E-state index is 0.666. The second-order valence-electron chi connectivity index (χ2n) is 5.88. The minimum Gasteiger partial charge on any atom is -0.314 e. The monoisotopic (exact) mass is 342 g/mol. The van der Waals surface area contributed by atoms with E-state index >= 15 is 0 Å². The van der Waals surface area contributed by atoms with Crippen LogP contribution in [-0.2, 0) is 0 Å². The van der Waals surface area contributed by atoms with Crippen LogP contribution in [0.15, 0.2) is 9.85 Å². The second-order valence-corrected chi connectivity index (χ2v) is 8.28. The zero-order chi connectivity index (χ0) is 13.2. The Morgan fingerprint density at radius 2 is 2.00 bits per heavy atom. The zero-order valence-electron chi connectivity index (χ0n) is 11.6. The van der Waals surface area contributed by atoms with Gasteiger partial charge in [-0.25, -0.2) is 0 Å². The molecular weight excluding hydrogens is 320 g/mol. The Labute approximate surface area is 128 Å². The van der Waals surface area contributed by atoms with Gasteiger partial charge in [0.1, 0.15) is 0 Å². The highest BCUT2D eigenvalue weighted by Crippen LogP contribution is 2.43. The fourth-order valence-corrected chi connectivity index (χ4v) is 5.37. The maximum Gasteiger partial charge on any atom is 0.0731 e. The van der Waals surface area contributed by atoms with E-state index in [0.29, 0.717) is 6.04 Å². The molecule has 1 atom stereocenters. The first-order valence-electron chi connectivity index (χ1n) is 7.46. The van der Waals surface area contributed by atoms with Crippen molar-refractivity contribution in [3.63, 3.8) is 0 Å². The number of piperazine rings is 1. The van der Waals surface area contributed by atoms with Crippen molar-refractivity contribution in [1.82, 2.24) is 10.2 Å². The summed E-state index contributed by atoms with van der Waals surface area (Å²) >= 11 is 5.66. The number of hydrogen-bond acceptors (Lipinski definition) is 3. The van der Waals surface area contributed by atoms with Gasteiger partial charge in [-0.15, -0.1) is 11.3 Å². The Balaban J connectivity index is 1.86. The molecule has 0 unspecified atom stereocenters. The molecule has 0 spiro atoms. The van der Waals surface area contributed by atoms with Gasteiger partial charge in [0, 0.05) is 37.1 Å². The van der Waals surface area contributed by atoms with Crippen LogP contribution in [0.4, 0.5) is 0 Å². The lowest BCUT2D eigenvalue weighted by Gasteiger charge is -2.37. The summed E-state index contributed by atoms with van der Waals surface area (Å²) in [4.78, 5) is 4.31. The van der Waals surface area contributed by atoms with Gasteiger partial charge in [0.05, 0.1) is 3.79 Å². The van der Waals surface area contributed by atoms with Crippen molar-refractivity contribution in [2.24, 2.45) is 5.92 Å². The van der Waals surface area contributed by atoms with E-state index in [1.54, 1.807) is 4.88 Å². The van der Waals surface area contributed by atoms with Crippen LogP contribution in [0.2, 0.25) is 0 Å². The number of rotatable bonds is 3. The molecule has 1 saturated carbocycles. The van der Waals surface area contributed by atoms with Gasteiger partial charge in [-0.1, -0.05) is 12.8 Å². The van der Waals surface area contributed by atoms with Crippen molar-refractivity contribution in [3.05, 3.63) is 20.3 Å². The summed E-state index contributed by atoms with van der Waals surface area (Å²) in [5, 5.41) is 3.48. The summed E-state index contributed by atoms with van der Waals surface area (Å²) in [6, 6.07) is 3.08. The predicted octanol–water partition coefficient (Wildman–Crippen LogP) is 3.96. The topological polar surface area (TPSA) is 15.3 Å². The van der Waals surface area contributed by atoms with Crippen molar-refractivity contribution < 1.29 is 0 Å². The molecule has 2 aliphatic rings. The van der Waals surface area contributed by atoms with Crippen molar-refractivity contribution >= 4 is 27.3 Å². The first-order valence-corrected chi connectivity index (χ1v) is 9.07. The molecular formula is C15H23BrN2S. The quantitative estimate of drug-likeness (QED) is 0.894. The highest BCUT2D eigenvalue weighted by Gasteiger charge is 2.33. The van der Waals surface area contributed by atoms with Crippen molar-refractivity contribution in [1.29, 1.82) is 0 Å². The molecule has 2 heterocycles. The van der Waals surface area contributed by atoms with E-state index in [1.165, 1.54) is 48.1 Å². The third kappa shape index (κ3) is 3.07. The summed E-state index contributed by atoms with van der Waals surface area (Å²) < 4.78 is 1.32. The van der Waals surface area contributed by atoms with E-state index in [2.05, 4.69) is 39.1 Å². The molecule has 19 heavy (non-hydrogen) atoms. The smallest absolute Gasteiger partial charge is 0.0731 e. The number of nitrogens with zero attached hydrogens (tertiary/aromatic N) is 1. The van der Waals surface area contributed by atoms with Crippen LogP contribution in [0.1, 0.15) is 42.2 Å². The lowest BCUT2D eigenvalue weighted by atomic mass is 9.94. The van der Waals surface area contributed by atoms with Gasteiger partial charge < -0.3 is 5.32 Å². The van der Waals surface area contributed by atoms with Crippen LogP contribution in [0.3, 0.4) is 0 Å². The normalized spacial score (nSPS) is 23.9. The number of halogens is 1. The van der Waals surface area contributed by atoms with Crippen LogP contribution in [0, 0.1) is 12.8 Å². The van der Waals surface area contributed by atoms with Crippen LogP contribution in [-0.4, -0.2) is 31.1 Å². The Kier molecular flexibility index (Phi) is 4.62. The fraction of sp³-hybridized carbons (Fsp3) is 0.733. The number of hydrogen-bond donors (Lipinski definition) is 1. The van der Waals surface area contributed by atoms with Crippen LogP contribution >= 0.6 is 27.3 Å². The fourth-order valence-electron chi connectivity index (χ4n) is 3.57. The average molecular weight is 343 g/mol. The Morgan fingerprint density at radius 1 is 1.32 bits per heavy atom. The predicted molar refractivity (Wildman–Crippen MR) is 85.9 cm³/mol. The maximum atomic E-state index is 3.70. The molecule has 1 aromatic heterocycles.